The predicted octanol–water partition coefficient (Wildman–Crippen LogP) is 1.27. The summed E-state index contributed by atoms with van der Waals surface area (Å²) in [5, 5.41) is 3.28. The molecule has 0 saturated carbocycles. The summed E-state index contributed by atoms with van der Waals surface area (Å²) >= 11 is 0. The van der Waals surface area contributed by atoms with Crippen LogP contribution in [0.25, 0.3) is 0 Å². The highest BCUT2D eigenvalue weighted by molar-refractivity contribution is 5.97. The average molecular weight is 264 g/mol. The minimum absolute atomic E-state index is 0.0533. The van der Waals surface area contributed by atoms with Crippen LogP contribution in [-0.4, -0.2) is 43.6 Å². The fourth-order valence-electron chi connectivity index (χ4n) is 3.13. The van der Waals surface area contributed by atoms with Crippen LogP contribution in [0.1, 0.15) is 16.8 Å². The fourth-order valence-corrected chi connectivity index (χ4v) is 3.13. The monoisotopic (exact) mass is 264 g/mol. The number of fused-ring (bicyclic) bond motifs is 1. The molecule has 1 aromatic carbocycles. The van der Waals surface area contributed by atoms with Crippen LogP contribution in [0.2, 0.25) is 0 Å². The fraction of sp³-hybridized carbons (Fsp3) is 0.500. The van der Waals surface area contributed by atoms with Crippen LogP contribution in [0, 0.1) is 11.7 Å². The third-order valence-electron chi connectivity index (χ3n) is 4.12. The smallest absolute Gasteiger partial charge is 0.260 e. The van der Waals surface area contributed by atoms with Gasteiger partial charge in [0, 0.05) is 25.7 Å². The van der Waals surface area contributed by atoms with Gasteiger partial charge in [0.15, 0.2) is 0 Å². The first-order valence-electron chi connectivity index (χ1n) is 6.56. The molecule has 0 aromatic heterocycles. The number of benzene rings is 1. The number of halogens is 1. The Morgan fingerprint density at radius 1 is 1.47 bits per heavy atom. The molecule has 102 valence electrons. The first-order valence-corrected chi connectivity index (χ1v) is 6.56. The van der Waals surface area contributed by atoms with E-state index in [1.807, 2.05) is 0 Å². The van der Waals surface area contributed by atoms with Crippen molar-refractivity contribution >= 4 is 5.91 Å². The maximum absolute atomic E-state index is 13.9. The Bertz CT molecular complexity index is 506. The molecule has 2 atom stereocenters. The number of hydrogen-bond acceptors (Lipinski definition) is 3. The van der Waals surface area contributed by atoms with E-state index < -0.39 is 5.82 Å². The third-order valence-corrected chi connectivity index (χ3v) is 4.12. The molecular weight excluding hydrogens is 247 g/mol. The summed E-state index contributed by atoms with van der Waals surface area (Å²) in [4.78, 5) is 14.4. The van der Waals surface area contributed by atoms with E-state index in [-0.39, 0.29) is 17.5 Å². The Balaban J connectivity index is 1.92. The SMILES string of the molecule is COc1cccc(F)c1C(=O)N1CC[C@H]2CNC[C@H]21. The molecule has 19 heavy (non-hydrogen) atoms. The average Bonchev–Trinajstić information content (AvgIpc) is 2.99. The van der Waals surface area contributed by atoms with Crippen LogP contribution in [0.15, 0.2) is 18.2 Å². The number of ether oxygens (including phenoxy) is 1. The molecule has 0 radical (unpaired) electrons. The van der Waals surface area contributed by atoms with Gasteiger partial charge in [-0.05, 0) is 24.5 Å². The molecule has 2 aliphatic heterocycles. The number of nitrogens with zero attached hydrogens (tertiary/aromatic N) is 1. The summed E-state index contributed by atoms with van der Waals surface area (Å²) in [6.07, 6.45) is 0.986. The number of carbonyl (C=O) groups is 1. The number of hydrogen-bond donors (Lipinski definition) is 1. The molecule has 2 aliphatic rings. The van der Waals surface area contributed by atoms with Gasteiger partial charge in [-0.1, -0.05) is 6.07 Å². The van der Waals surface area contributed by atoms with E-state index in [0.717, 1.165) is 19.5 Å². The van der Waals surface area contributed by atoms with E-state index in [9.17, 15) is 9.18 Å². The summed E-state index contributed by atoms with van der Waals surface area (Å²) < 4.78 is 19.1. The highest BCUT2D eigenvalue weighted by Crippen LogP contribution is 2.31. The lowest BCUT2D eigenvalue weighted by atomic mass is 10.0. The van der Waals surface area contributed by atoms with Crippen molar-refractivity contribution in [3.63, 3.8) is 0 Å². The molecule has 4 nitrogen and oxygen atoms in total. The molecule has 1 amide bonds. The molecule has 3 rings (SSSR count). The summed E-state index contributed by atoms with van der Waals surface area (Å²) in [7, 11) is 1.45. The molecule has 2 saturated heterocycles. The van der Waals surface area contributed by atoms with Gasteiger partial charge in [-0.15, -0.1) is 0 Å². The minimum atomic E-state index is -0.515. The van der Waals surface area contributed by atoms with Crippen molar-refractivity contribution in [2.75, 3.05) is 26.7 Å². The van der Waals surface area contributed by atoms with Gasteiger partial charge in [0.2, 0.25) is 0 Å². The quantitative estimate of drug-likeness (QED) is 0.874. The second kappa shape index (κ2) is 4.81. The molecule has 1 aromatic rings. The molecule has 0 spiro atoms. The first kappa shape index (κ1) is 12.4. The van der Waals surface area contributed by atoms with Crippen LogP contribution in [0.5, 0.6) is 5.75 Å². The number of amides is 1. The Morgan fingerprint density at radius 3 is 3.11 bits per heavy atom. The second-order valence-electron chi connectivity index (χ2n) is 5.09. The summed E-state index contributed by atoms with van der Waals surface area (Å²) in [6, 6.07) is 4.67. The number of rotatable bonds is 2. The summed E-state index contributed by atoms with van der Waals surface area (Å²) in [5.41, 5.74) is 0.0533. The van der Waals surface area contributed by atoms with E-state index >= 15 is 0 Å². The molecule has 1 N–H and O–H groups in total. The lowest BCUT2D eigenvalue weighted by Crippen LogP contribution is -2.39. The van der Waals surface area contributed by atoms with E-state index in [1.165, 1.54) is 13.2 Å². The minimum Gasteiger partial charge on any atom is -0.496 e. The predicted molar refractivity (Wildman–Crippen MR) is 68.8 cm³/mol. The van der Waals surface area contributed by atoms with E-state index in [0.29, 0.717) is 18.2 Å². The van der Waals surface area contributed by atoms with Gasteiger partial charge >= 0.3 is 0 Å². The van der Waals surface area contributed by atoms with Gasteiger partial charge in [-0.25, -0.2) is 4.39 Å². The largest absolute Gasteiger partial charge is 0.496 e. The lowest BCUT2D eigenvalue weighted by molar-refractivity contribution is 0.0728. The van der Waals surface area contributed by atoms with Crippen LogP contribution < -0.4 is 10.1 Å². The van der Waals surface area contributed by atoms with Crippen molar-refractivity contribution in [2.45, 2.75) is 12.5 Å². The summed E-state index contributed by atoms with van der Waals surface area (Å²) in [5.74, 6) is 0.0334. The van der Waals surface area contributed by atoms with Gasteiger partial charge in [0.1, 0.15) is 17.1 Å². The van der Waals surface area contributed by atoms with E-state index in [4.69, 9.17) is 4.74 Å². The Morgan fingerprint density at radius 2 is 2.32 bits per heavy atom. The van der Waals surface area contributed by atoms with Gasteiger partial charge < -0.3 is 15.0 Å². The van der Waals surface area contributed by atoms with Crippen molar-refractivity contribution in [3.05, 3.63) is 29.6 Å². The van der Waals surface area contributed by atoms with Crippen LogP contribution in [0.4, 0.5) is 4.39 Å². The van der Waals surface area contributed by atoms with Gasteiger partial charge in [-0.3, -0.25) is 4.79 Å². The van der Waals surface area contributed by atoms with Crippen molar-refractivity contribution in [1.29, 1.82) is 0 Å². The van der Waals surface area contributed by atoms with Crippen molar-refractivity contribution in [3.8, 4) is 5.75 Å². The zero-order chi connectivity index (χ0) is 13.4. The zero-order valence-electron chi connectivity index (χ0n) is 10.9. The molecule has 0 bridgehead atoms. The molecule has 2 fully saturated rings. The molecule has 2 heterocycles. The molecular formula is C14H17FN2O2. The van der Waals surface area contributed by atoms with Crippen LogP contribution >= 0.6 is 0 Å². The van der Waals surface area contributed by atoms with Gasteiger partial charge in [-0.2, -0.15) is 0 Å². The highest BCUT2D eigenvalue weighted by Gasteiger charge is 2.41. The maximum Gasteiger partial charge on any atom is 0.260 e. The number of methoxy groups -OCH3 is 1. The lowest BCUT2D eigenvalue weighted by Gasteiger charge is -2.24. The molecule has 0 unspecified atom stereocenters. The third kappa shape index (κ3) is 1.98. The molecule has 5 heteroatoms. The van der Waals surface area contributed by atoms with Crippen LogP contribution in [-0.2, 0) is 0 Å². The topological polar surface area (TPSA) is 41.6 Å². The maximum atomic E-state index is 13.9. The Labute approximate surface area is 111 Å². The van der Waals surface area contributed by atoms with E-state index in [1.54, 1.807) is 17.0 Å². The van der Waals surface area contributed by atoms with Crippen molar-refractivity contribution in [2.24, 2.45) is 5.92 Å². The van der Waals surface area contributed by atoms with E-state index in [2.05, 4.69) is 5.32 Å². The Kier molecular flexibility index (Phi) is 3.14. The standard InChI is InChI=1S/C14H17FN2O2/c1-19-12-4-2-3-10(15)13(12)14(18)17-6-5-9-7-16-8-11(9)17/h2-4,9,11,16H,5-8H2,1H3/t9-,11+/m0/s1. The summed E-state index contributed by atoms with van der Waals surface area (Å²) in [6.45, 7) is 2.45. The number of carbonyl (C=O) groups excluding carboxylic acids is 1. The normalized spacial score (nSPS) is 25.5. The van der Waals surface area contributed by atoms with Crippen molar-refractivity contribution < 1.29 is 13.9 Å². The van der Waals surface area contributed by atoms with Crippen LogP contribution in [0.3, 0.4) is 0 Å². The zero-order valence-corrected chi connectivity index (χ0v) is 10.9. The second-order valence-corrected chi connectivity index (χ2v) is 5.09. The molecule has 0 aliphatic carbocycles. The highest BCUT2D eigenvalue weighted by atomic mass is 19.1. The number of nitrogens with one attached hydrogen (secondary N) is 1. The Hall–Kier alpha value is -1.62. The van der Waals surface area contributed by atoms with Gasteiger partial charge in [0.25, 0.3) is 5.91 Å². The first-order chi connectivity index (χ1) is 9.22. The van der Waals surface area contributed by atoms with Gasteiger partial charge in [0.05, 0.1) is 7.11 Å². The number of likely N-dealkylation sites (tertiary alicyclic amines) is 1. The van der Waals surface area contributed by atoms with Crippen molar-refractivity contribution in [1.82, 2.24) is 10.2 Å².